The Morgan fingerprint density at radius 3 is 2.14 bits per heavy atom. The summed E-state index contributed by atoms with van der Waals surface area (Å²) in [6.45, 7) is 6.53. The summed E-state index contributed by atoms with van der Waals surface area (Å²) in [7, 11) is 0. The van der Waals surface area contributed by atoms with Crippen molar-refractivity contribution in [1.82, 2.24) is 0 Å². The molecule has 1 aromatic rings. The quantitative estimate of drug-likeness (QED) is 0.671. The second-order valence-electron chi connectivity index (χ2n) is 3.23. The zero-order valence-electron chi connectivity index (χ0n) is 8.46. The molecule has 0 saturated carbocycles. The molecule has 1 aliphatic heterocycles. The van der Waals surface area contributed by atoms with E-state index in [-0.39, 0.29) is 0 Å². The lowest BCUT2D eigenvalue weighted by molar-refractivity contribution is 1.57. The number of hydrogen-bond donors (Lipinski definition) is 0. The Labute approximate surface area is 97.5 Å². The minimum absolute atomic E-state index is 1.36. The van der Waals surface area contributed by atoms with Gasteiger partial charge in [-0.3, -0.25) is 0 Å². The monoisotopic (exact) mass is 240 g/mol. The molecule has 0 fully saturated rings. The van der Waals surface area contributed by atoms with Crippen LogP contribution in [0.15, 0.2) is 26.2 Å². The van der Waals surface area contributed by atoms with E-state index in [2.05, 4.69) is 39.0 Å². The van der Waals surface area contributed by atoms with Crippen LogP contribution in [0.2, 0.25) is 0 Å². The van der Waals surface area contributed by atoms with Gasteiger partial charge in [0.1, 0.15) is 0 Å². The predicted molar refractivity (Wildman–Crippen MR) is 70.6 cm³/mol. The summed E-state index contributed by atoms with van der Waals surface area (Å²) < 4.78 is 1.40. The van der Waals surface area contributed by atoms with Crippen molar-refractivity contribution in [2.24, 2.45) is 0 Å². The second kappa shape index (κ2) is 4.17. The maximum atomic E-state index is 2.28. The van der Waals surface area contributed by atoms with Gasteiger partial charge < -0.3 is 0 Å². The molecule has 0 aliphatic carbocycles. The van der Waals surface area contributed by atoms with Gasteiger partial charge in [0.2, 0.25) is 0 Å². The molecule has 0 aromatic carbocycles. The van der Waals surface area contributed by atoms with E-state index in [1.807, 2.05) is 34.9 Å². The summed E-state index contributed by atoms with van der Waals surface area (Å²) >= 11 is 5.63. The van der Waals surface area contributed by atoms with Crippen LogP contribution < -0.4 is 0 Å². The molecule has 0 N–H and O–H groups in total. The van der Waals surface area contributed by atoms with Crippen molar-refractivity contribution in [3.63, 3.8) is 0 Å². The normalized spacial score (nSPS) is 16.6. The Hall–Kier alpha value is -0.120. The Bertz CT molecular complexity index is 394. The zero-order valence-corrected chi connectivity index (χ0v) is 10.9. The van der Waals surface area contributed by atoms with E-state index in [0.717, 1.165) is 0 Å². The number of aryl methyl sites for hydroxylation is 1. The third-order valence-corrected chi connectivity index (χ3v) is 5.46. The van der Waals surface area contributed by atoms with Crippen molar-refractivity contribution in [2.45, 2.75) is 20.8 Å². The lowest BCUT2D eigenvalue weighted by Gasteiger charge is -1.92. The van der Waals surface area contributed by atoms with Gasteiger partial charge >= 0.3 is 0 Å². The smallest absolute Gasteiger partial charge is 0.0506 e. The van der Waals surface area contributed by atoms with Crippen LogP contribution in [0.25, 0.3) is 6.08 Å². The Kier molecular flexibility index (Phi) is 3.10. The molecule has 0 radical (unpaired) electrons. The lowest BCUT2D eigenvalue weighted by Crippen LogP contribution is -1.61. The first-order valence-electron chi connectivity index (χ1n) is 4.46. The fraction of sp³-hybridized carbons (Fsp3) is 0.273. The van der Waals surface area contributed by atoms with Crippen molar-refractivity contribution in [3.05, 3.63) is 35.9 Å². The Balaban J connectivity index is 2.15. The van der Waals surface area contributed by atoms with Crippen LogP contribution in [0.3, 0.4) is 0 Å². The van der Waals surface area contributed by atoms with Crippen LogP contribution in [0.1, 0.15) is 23.6 Å². The summed E-state index contributed by atoms with van der Waals surface area (Å²) in [5, 5.41) is 0. The fourth-order valence-electron chi connectivity index (χ4n) is 1.17. The Morgan fingerprint density at radius 2 is 1.64 bits per heavy atom. The van der Waals surface area contributed by atoms with Gasteiger partial charge in [0, 0.05) is 9.75 Å². The predicted octanol–water partition coefficient (Wildman–Crippen LogP) is 5.09. The summed E-state index contributed by atoms with van der Waals surface area (Å²) in [5.74, 6) is 0. The molecule has 2 rings (SSSR count). The maximum absolute atomic E-state index is 2.28. The van der Waals surface area contributed by atoms with Crippen molar-refractivity contribution in [3.8, 4) is 0 Å². The molecule has 14 heavy (non-hydrogen) atoms. The van der Waals surface area contributed by atoms with Gasteiger partial charge in [-0.25, -0.2) is 0 Å². The van der Waals surface area contributed by atoms with Crippen molar-refractivity contribution in [2.75, 3.05) is 0 Å². The van der Waals surface area contributed by atoms with Gasteiger partial charge in [0.15, 0.2) is 0 Å². The van der Waals surface area contributed by atoms with E-state index in [9.17, 15) is 0 Å². The number of allylic oxidation sites excluding steroid dienone is 2. The first kappa shape index (κ1) is 10.4. The van der Waals surface area contributed by atoms with Gasteiger partial charge in [-0.1, -0.05) is 23.5 Å². The third kappa shape index (κ3) is 2.27. The molecule has 0 amide bonds. The highest BCUT2D eigenvalue weighted by Crippen LogP contribution is 2.49. The molecule has 0 bridgehead atoms. The van der Waals surface area contributed by atoms with E-state index >= 15 is 0 Å². The Morgan fingerprint density at radius 1 is 1.00 bits per heavy atom. The molecule has 0 nitrogen and oxygen atoms in total. The average molecular weight is 240 g/mol. The fourth-order valence-corrected chi connectivity index (χ4v) is 4.57. The highest BCUT2D eigenvalue weighted by atomic mass is 32.2. The highest BCUT2D eigenvalue weighted by molar-refractivity contribution is 8.28. The molecule has 0 spiro atoms. The largest absolute Gasteiger partial charge is 0.141 e. The lowest BCUT2D eigenvalue weighted by atomic mass is 10.4. The molecule has 1 aromatic heterocycles. The maximum Gasteiger partial charge on any atom is 0.0506 e. The van der Waals surface area contributed by atoms with Crippen LogP contribution in [0.5, 0.6) is 0 Å². The summed E-state index contributed by atoms with van der Waals surface area (Å²) in [6, 6.07) is 4.37. The van der Waals surface area contributed by atoms with Gasteiger partial charge in [-0.05, 0) is 48.8 Å². The van der Waals surface area contributed by atoms with Crippen LogP contribution in [0.4, 0.5) is 0 Å². The van der Waals surface area contributed by atoms with Crippen molar-refractivity contribution in [1.29, 1.82) is 0 Å². The summed E-state index contributed by atoms with van der Waals surface area (Å²) in [6.07, 6.45) is 2.28. The van der Waals surface area contributed by atoms with E-state index in [1.165, 1.54) is 23.8 Å². The molecule has 0 unspecified atom stereocenters. The first-order chi connectivity index (χ1) is 6.65. The number of rotatable bonds is 1. The average Bonchev–Trinajstić information content (AvgIpc) is 2.62. The van der Waals surface area contributed by atoms with Gasteiger partial charge in [-0.15, -0.1) is 11.3 Å². The molecule has 2 heterocycles. The summed E-state index contributed by atoms with van der Waals surface area (Å²) in [4.78, 5) is 5.62. The summed E-state index contributed by atoms with van der Waals surface area (Å²) in [5.41, 5.74) is 0. The molecular formula is C11H12S3. The third-order valence-electron chi connectivity index (χ3n) is 2.02. The minimum atomic E-state index is 1.36. The number of thiophene rings is 1. The van der Waals surface area contributed by atoms with E-state index in [1.54, 1.807) is 0 Å². The van der Waals surface area contributed by atoms with Crippen LogP contribution in [0, 0.1) is 6.92 Å². The van der Waals surface area contributed by atoms with E-state index < -0.39 is 0 Å². The zero-order chi connectivity index (χ0) is 10.1. The molecule has 0 saturated heterocycles. The van der Waals surface area contributed by atoms with E-state index in [4.69, 9.17) is 0 Å². The minimum Gasteiger partial charge on any atom is -0.141 e. The molecule has 0 atom stereocenters. The van der Waals surface area contributed by atoms with Crippen LogP contribution in [-0.2, 0) is 0 Å². The standard InChI is InChI=1S/C11H12S3/c1-7-4-5-10(12-7)6-11-13-8(2)9(3)14-11/h4-6H,1-3H3. The van der Waals surface area contributed by atoms with Crippen molar-refractivity contribution >= 4 is 40.9 Å². The van der Waals surface area contributed by atoms with Gasteiger partial charge in [0.25, 0.3) is 0 Å². The molecule has 74 valence electrons. The second-order valence-corrected chi connectivity index (χ2v) is 7.32. The number of thioether (sulfide) groups is 2. The molecule has 1 aliphatic rings. The first-order valence-corrected chi connectivity index (χ1v) is 6.91. The van der Waals surface area contributed by atoms with Crippen molar-refractivity contribution < 1.29 is 0 Å². The molecule has 3 heteroatoms. The van der Waals surface area contributed by atoms with Crippen LogP contribution in [-0.4, -0.2) is 0 Å². The highest BCUT2D eigenvalue weighted by Gasteiger charge is 2.13. The number of hydrogen-bond acceptors (Lipinski definition) is 3. The van der Waals surface area contributed by atoms with Gasteiger partial charge in [-0.2, -0.15) is 0 Å². The van der Waals surface area contributed by atoms with Gasteiger partial charge in [0.05, 0.1) is 4.24 Å². The topological polar surface area (TPSA) is 0 Å². The van der Waals surface area contributed by atoms with E-state index in [0.29, 0.717) is 0 Å². The van der Waals surface area contributed by atoms with Crippen LogP contribution >= 0.6 is 34.9 Å². The molecular weight excluding hydrogens is 228 g/mol. The SMILES string of the molecule is CC1=C(C)SC(=Cc2ccc(C)s2)S1.